The summed E-state index contributed by atoms with van der Waals surface area (Å²) in [6, 6.07) is 21.5. The Morgan fingerprint density at radius 3 is 2.35 bits per heavy atom. The van der Waals surface area contributed by atoms with Gasteiger partial charge in [0.25, 0.3) is 0 Å². The van der Waals surface area contributed by atoms with Crippen molar-refractivity contribution in [2.75, 3.05) is 12.0 Å². The third kappa shape index (κ3) is 5.80. The molecule has 37 heavy (non-hydrogen) atoms. The number of aromatic nitrogens is 3. The Morgan fingerprint density at radius 1 is 1.00 bits per heavy atom. The van der Waals surface area contributed by atoms with Crippen molar-refractivity contribution in [3.05, 3.63) is 83.9 Å². The summed E-state index contributed by atoms with van der Waals surface area (Å²) in [4.78, 5) is 29.5. The zero-order valence-electron chi connectivity index (χ0n) is 21.9. The zero-order chi connectivity index (χ0) is 26.6. The van der Waals surface area contributed by atoms with Gasteiger partial charge in [-0.15, -0.1) is 5.10 Å². The van der Waals surface area contributed by atoms with E-state index in [2.05, 4.69) is 22.6 Å². The largest absolute Gasteiger partial charge is 0.495 e. The van der Waals surface area contributed by atoms with E-state index >= 15 is 0 Å². The number of methoxy groups -OCH3 is 1. The van der Waals surface area contributed by atoms with Gasteiger partial charge < -0.3 is 10.1 Å². The molecule has 3 aromatic carbocycles. The molecule has 1 N–H and O–H groups in total. The van der Waals surface area contributed by atoms with Crippen molar-refractivity contribution in [3.63, 3.8) is 0 Å². The number of aryl methyl sites for hydroxylation is 1. The van der Waals surface area contributed by atoms with Crippen LogP contribution in [0, 0.1) is 0 Å². The second kappa shape index (κ2) is 10.8. The molecule has 0 fully saturated rings. The number of fused-ring (bicyclic) bond motifs is 1. The van der Waals surface area contributed by atoms with Gasteiger partial charge in [0.15, 0.2) is 0 Å². The number of nitrogens with zero attached hydrogens (tertiary/aromatic N) is 4. The monoisotopic (exact) mass is 499 g/mol. The number of rotatable bonds is 8. The van der Waals surface area contributed by atoms with E-state index in [1.54, 1.807) is 23.9 Å². The van der Waals surface area contributed by atoms with Crippen LogP contribution in [-0.2, 0) is 22.6 Å². The summed E-state index contributed by atoms with van der Waals surface area (Å²) in [7, 11) is 1.55. The molecule has 0 aliphatic heterocycles. The number of amides is 2. The topological polar surface area (TPSA) is 89.4 Å². The fourth-order valence-corrected chi connectivity index (χ4v) is 4.28. The highest BCUT2D eigenvalue weighted by molar-refractivity contribution is 6.02. The van der Waals surface area contributed by atoms with Gasteiger partial charge in [-0.1, -0.05) is 60.7 Å². The van der Waals surface area contributed by atoms with Crippen LogP contribution in [0.1, 0.15) is 44.9 Å². The highest BCUT2D eigenvalue weighted by Gasteiger charge is 2.36. The minimum Gasteiger partial charge on any atom is -0.495 e. The van der Waals surface area contributed by atoms with E-state index in [0.29, 0.717) is 22.5 Å². The summed E-state index contributed by atoms with van der Waals surface area (Å²) in [6.07, 6.45) is 0.869. The number of carbonyl (C=O) groups excluding carboxylic acids is 2. The zero-order valence-corrected chi connectivity index (χ0v) is 21.9. The molecule has 0 radical (unpaired) electrons. The Balaban J connectivity index is 1.85. The molecule has 1 heterocycles. The molecule has 2 amide bonds. The third-order valence-corrected chi connectivity index (χ3v) is 6.03. The van der Waals surface area contributed by atoms with E-state index in [9.17, 15) is 9.59 Å². The second-order valence-corrected chi connectivity index (χ2v) is 9.91. The van der Waals surface area contributed by atoms with Gasteiger partial charge in [-0.25, -0.2) is 4.68 Å². The van der Waals surface area contributed by atoms with Crippen molar-refractivity contribution in [2.45, 2.75) is 52.2 Å². The van der Waals surface area contributed by atoms with E-state index in [0.717, 1.165) is 17.5 Å². The summed E-state index contributed by atoms with van der Waals surface area (Å²) in [6.45, 7) is 7.72. The van der Waals surface area contributed by atoms with Gasteiger partial charge in [0.1, 0.15) is 23.9 Å². The molecule has 192 valence electrons. The maximum Gasteiger partial charge on any atom is 0.249 e. The lowest BCUT2D eigenvalue weighted by atomic mass is 9.99. The van der Waals surface area contributed by atoms with E-state index in [1.165, 1.54) is 4.90 Å². The second-order valence-electron chi connectivity index (χ2n) is 9.91. The molecule has 0 aliphatic carbocycles. The van der Waals surface area contributed by atoms with Crippen LogP contribution < -0.4 is 15.0 Å². The van der Waals surface area contributed by atoms with Gasteiger partial charge in [0, 0.05) is 5.54 Å². The predicted molar refractivity (Wildman–Crippen MR) is 144 cm³/mol. The number of ether oxygens (including phenoxy) is 1. The summed E-state index contributed by atoms with van der Waals surface area (Å²) >= 11 is 0. The first-order valence-corrected chi connectivity index (χ1v) is 12.4. The summed E-state index contributed by atoms with van der Waals surface area (Å²) in [5.41, 5.74) is 3.25. The SMILES string of the molecule is CCc1ccc([C@H](C(=O)NC(C)(C)C)N(C(=O)Cn2nnc3ccccc32)c2ccccc2OC)cc1. The Bertz CT molecular complexity index is 1390. The molecule has 1 atom stereocenters. The minimum absolute atomic E-state index is 0.106. The summed E-state index contributed by atoms with van der Waals surface area (Å²) in [5, 5.41) is 11.5. The molecule has 8 heteroatoms. The van der Waals surface area contributed by atoms with Crippen LogP contribution in [0.2, 0.25) is 0 Å². The van der Waals surface area contributed by atoms with E-state index in [4.69, 9.17) is 4.74 Å². The van der Waals surface area contributed by atoms with Crippen LogP contribution in [0.25, 0.3) is 11.0 Å². The van der Waals surface area contributed by atoms with E-state index in [1.807, 2.05) is 81.4 Å². The first kappa shape index (κ1) is 25.9. The molecule has 0 saturated carbocycles. The van der Waals surface area contributed by atoms with Crippen LogP contribution in [0.5, 0.6) is 5.75 Å². The van der Waals surface area contributed by atoms with Crippen LogP contribution in [0.4, 0.5) is 5.69 Å². The molecule has 4 rings (SSSR count). The average molecular weight is 500 g/mol. The molecule has 0 unspecified atom stereocenters. The van der Waals surface area contributed by atoms with Crippen LogP contribution >= 0.6 is 0 Å². The van der Waals surface area contributed by atoms with Crippen LogP contribution in [-0.4, -0.2) is 39.5 Å². The maximum atomic E-state index is 14.1. The molecule has 0 aliphatic rings. The maximum absolute atomic E-state index is 14.1. The number of carbonyl (C=O) groups is 2. The fourth-order valence-electron chi connectivity index (χ4n) is 4.28. The molecule has 0 bridgehead atoms. The third-order valence-electron chi connectivity index (χ3n) is 6.03. The Labute approximate surface area is 217 Å². The number of hydrogen-bond acceptors (Lipinski definition) is 5. The fraction of sp³-hybridized carbons (Fsp3) is 0.310. The summed E-state index contributed by atoms with van der Waals surface area (Å²) < 4.78 is 7.18. The average Bonchev–Trinajstić information content (AvgIpc) is 3.29. The van der Waals surface area contributed by atoms with E-state index in [-0.39, 0.29) is 18.4 Å². The Hall–Kier alpha value is -4.20. The Morgan fingerprint density at radius 2 is 1.68 bits per heavy atom. The quantitative estimate of drug-likeness (QED) is 0.380. The van der Waals surface area contributed by atoms with Crippen LogP contribution in [0.15, 0.2) is 72.8 Å². The number of anilines is 1. The number of hydrogen-bond donors (Lipinski definition) is 1. The first-order chi connectivity index (χ1) is 17.7. The molecule has 8 nitrogen and oxygen atoms in total. The van der Waals surface area contributed by atoms with Crippen molar-refractivity contribution in [3.8, 4) is 5.75 Å². The van der Waals surface area contributed by atoms with Crippen molar-refractivity contribution in [2.24, 2.45) is 0 Å². The lowest BCUT2D eigenvalue weighted by Gasteiger charge is -2.34. The van der Waals surface area contributed by atoms with E-state index < -0.39 is 11.6 Å². The van der Waals surface area contributed by atoms with Crippen molar-refractivity contribution in [1.29, 1.82) is 0 Å². The standard InChI is InChI=1S/C29H33N5O3/c1-6-20-15-17-21(18-16-20)27(28(36)30-29(2,3)4)34(24-13-9-10-14-25(24)37-5)26(35)19-33-23-12-8-7-11-22(23)31-32-33/h7-18,27H,6,19H2,1-5H3,(H,30,36)/t27-/m1/s1. The highest BCUT2D eigenvalue weighted by Crippen LogP contribution is 2.35. The molecule has 4 aromatic rings. The number of nitrogens with one attached hydrogen (secondary N) is 1. The lowest BCUT2D eigenvalue weighted by molar-refractivity contribution is -0.128. The van der Waals surface area contributed by atoms with Gasteiger partial charge in [0.2, 0.25) is 11.8 Å². The minimum atomic E-state index is -0.941. The van der Waals surface area contributed by atoms with Crippen molar-refractivity contribution < 1.29 is 14.3 Å². The molecular formula is C29H33N5O3. The van der Waals surface area contributed by atoms with Crippen molar-refractivity contribution in [1.82, 2.24) is 20.3 Å². The van der Waals surface area contributed by atoms with Crippen molar-refractivity contribution >= 4 is 28.5 Å². The number of para-hydroxylation sites is 3. The van der Waals surface area contributed by atoms with Gasteiger partial charge in [-0.05, 0) is 62.6 Å². The van der Waals surface area contributed by atoms with Crippen LogP contribution in [0.3, 0.4) is 0 Å². The molecular weight excluding hydrogens is 466 g/mol. The molecule has 0 saturated heterocycles. The predicted octanol–water partition coefficient (Wildman–Crippen LogP) is 4.69. The Kier molecular flexibility index (Phi) is 7.57. The highest BCUT2D eigenvalue weighted by atomic mass is 16.5. The van der Waals surface area contributed by atoms with Gasteiger partial charge in [0.05, 0.1) is 18.3 Å². The van der Waals surface area contributed by atoms with Gasteiger partial charge in [-0.3, -0.25) is 14.5 Å². The molecule has 1 aromatic heterocycles. The lowest BCUT2D eigenvalue weighted by Crippen LogP contribution is -2.50. The normalized spacial score (nSPS) is 12.2. The summed E-state index contributed by atoms with van der Waals surface area (Å²) in [5.74, 6) is -0.133. The molecule has 0 spiro atoms. The first-order valence-electron chi connectivity index (χ1n) is 12.4. The van der Waals surface area contributed by atoms with Gasteiger partial charge >= 0.3 is 0 Å². The van der Waals surface area contributed by atoms with Gasteiger partial charge in [-0.2, -0.15) is 0 Å². The number of benzene rings is 3. The smallest absolute Gasteiger partial charge is 0.249 e.